The van der Waals surface area contributed by atoms with Crippen LogP contribution in [0.25, 0.3) is 32.5 Å². The number of halogens is 2. The van der Waals surface area contributed by atoms with Crippen LogP contribution in [0.5, 0.6) is 0 Å². The van der Waals surface area contributed by atoms with Gasteiger partial charge in [-0.25, -0.2) is 18.4 Å². The number of amides is 3. The number of aromatic nitrogens is 8. The van der Waals surface area contributed by atoms with E-state index >= 15 is 8.78 Å². The zero-order valence-corrected chi connectivity index (χ0v) is 43.6. The third-order valence-corrected chi connectivity index (χ3v) is 16.6. The van der Waals surface area contributed by atoms with E-state index in [1.807, 2.05) is 85.3 Å². The fourth-order valence-corrected chi connectivity index (χ4v) is 12.5. The third kappa shape index (κ3) is 9.60. The Kier molecular flexibility index (Phi) is 13.9. The number of rotatable bonds is 13. The number of anilines is 2. The Labute approximate surface area is 437 Å². The highest BCUT2D eigenvalue weighted by molar-refractivity contribution is 7.13. The molecule has 392 valence electrons. The summed E-state index contributed by atoms with van der Waals surface area (Å²) in [5, 5.41) is 28.9. The number of aryl methyl sites for hydroxylation is 2. The average Bonchev–Trinajstić information content (AvgIpc) is 4.27. The second-order valence-corrected chi connectivity index (χ2v) is 21.7. The van der Waals surface area contributed by atoms with Crippen LogP contribution in [0.4, 0.5) is 20.3 Å². The molecule has 4 aliphatic heterocycles. The number of carbonyl (C=O) groups is 3. The molecule has 0 saturated carbocycles. The summed E-state index contributed by atoms with van der Waals surface area (Å²) in [6.45, 7) is 12.4. The lowest BCUT2D eigenvalue weighted by atomic mass is 9.91. The first kappa shape index (κ1) is 50.3. The van der Waals surface area contributed by atoms with Crippen LogP contribution in [0.2, 0.25) is 0 Å². The molecule has 17 nitrogen and oxygen atoms in total. The van der Waals surface area contributed by atoms with Crippen molar-refractivity contribution in [3.05, 3.63) is 112 Å². The number of likely N-dealkylation sites (tertiary alicyclic amines) is 1. The van der Waals surface area contributed by atoms with E-state index in [9.17, 15) is 19.5 Å². The number of thiazole rings is 1. The molecular weight excluding hydrogens is 979 g/mol. The maximum atomic E-state index is 15.6. The van der Waals surface area contributed by atoms with Crippen molar-refractivity contribution in [3.8, 4) is 21.6 Å². The highest BCUT2D eigenvalue weighted by atomic mass is 32.1. The summed E-state index contributed by atoms with van der Waals surface area (Å²) in [4.78, 5) is 56.5. The lowest BCUT2D eigenvalue weighted by Gasteiger charge is -2.33. The first-order chi connectivity index (χ1) is 36.2. The van der Waals surface area contributed by atoms with Gasteiger partial charge in [-0.2, -0.15) is 5.10 Å². The molecule has 0 bridgehead atoms. The number of pyridine rings is 1. The highest BCUT2D eigenvalue weighted by Gasteiger charge is 2.43. The lowest BCUT2D eigenvalue weighted by Crippen LogP contribution is -2.49. The number of benzene rings is 2. The van der Waals surface area contributed by atoms with Crippen LogP contribution in [-0.2, 0) is 45.1 Å². The molecular formula is C55H62F2N12O5S. The van der Waals surface area contributed by atoms with Gasteiger partial charge in [0.1, 0.15) is 17.8 Å². The number of nitrogens with zero attached hydrogens (tertiary/aromatic N) is 11. The molecule has 11 rings (SSSR count). The quantitative estimate of drug-likeness (QED) is 0.113. The Morgan fingerprint density at radius 2 is 1.80 bits per heavy atom. The van der Waals surface area contributed by atoms with Gasteiger partial charge in [0, 0.05) is 105 Å². The van der Waals surface area contributed by atoms with E-state index in [4.69, 9.17) is 9.84 Å². The summed E-state index contributed by atoms with van der Waals surface area (Å²) < 4.78 is 42.5. The van der Waals surface area contributed by atoms with Gasteiger partial charge >= 0.3 is 0 Å². The summed E-state index contributed by atoms with van der Waals surface area (Å²) in [6.07, 6.45) is 7.14. The number of β-amino-alcohol motifs (C(OH)–C–C–N with tert-alkyl or cyclic N) is 1. The fourth-order valence-electron chi connectivity index (χ4n) is 11.7. The van der Waals surface area contributed by atoms with Gasteiger partial charge < -0.3 is 34.4 Å². The van der Waals surface area contributed by atoms with Gasteiger partial charge in [-0.05, 0) is 85.9 Å². The smallest absolute Gasteiger partial charge is 0.264 e. The zero-order chi connectivity index (χ0) is 52.2. The summed E-state index contributed by atoms with van der Waals surface area (Å²) in [5.74, 6) is -0.267. The predicted octanol–water partition coefficient (Wildman–Crippen LogP) is 8.29. The summed E-state index contributed by atoms with van der Waals surface area (Å²) >= 11 is 1.57. The molecule has 0 spiro atoms. The van der Waals surface area contributed by atoms with E-state index in [-0.39, 0.29) is 60.8 Å². The highest BCUT2D eigenvalue weighted by Crippen LogP contribution is 2.45. The lowest BCUT2D eigenvalue weighted by molar-refractivity contribution is -0.142. The minimum Gasteiger partial charge on any atom is -0.391 e. The van der Waals surface area contributed by atoms with Crippen LogP contribution in [0.3, 0.4) is 0 Å². The van der Waals surface area contributed by atoms with E-state index in [1.54, 1.807) is 42.9 Å². The number of hydrogen-bond donors (Lipinski definition) is 2. The largest absolute Gasteiger partial charge is 0.391 e. The van der Waals surface area contributed by atoms with Gasteiger partial charge in [-0.3, -0.25) is 24.0 Å². The van der Waals surface area contributed by atoms with Crippen molar-refractivity contribution < 1.29 is 33.0 Å². The van der Waals surface area contributed by atoms with Crippen molar-refractivity contribution in [2.24, 2.45) is 5.92 Å². The molecule has 2 saturated heterocycles. The zero-order valence-electron chi connectivity index (χ0n) is 42.8. The number of hydrogen-bond acceptors (Lipinski definition) is 12. The first-order valence-corrected chi connectivity index (χ1v) is 26.9. The van der Waals surface area contributed by atoms with Crippen molar-refractivity contribution in [2.75, 3.05) is 37.7 Å². The molecule has 0 aliphatic carbocycles. The second-order valence-electron chi connectivity index (χ2n) is 20.8. The SMILES string of the molecule is CC(=O)N1CCc2c(c(N3CCCc4cc(-c5cn(Cc6cn([C@H](C(=O)N7C[C@H](O)C[C@H]7C(=O)N[C@@H](C)c7ccc(-c8scnc8C)cc7)C(C)C)nn6)c6ccncc56)c(C(F)F)cc43)nn2C2CCOCC2)C1. The molecule has 0 radical (unpaired) electrons. The third-order valence-electron chi connectivity index (χ3n) is 15.6. The van der Waals surface area contributed by atoms with Crippen LogP contribution in [0.15, 0.2) is 72.8 Å². The maximum absolute atomic E-state index is 15.6. The van der Waals surface area contributed by atoms with Crippen LogP contribution in [0, 0.1) is 12.8 Å². The molecule has 3 amide bonds. The minimum absolute atomic E-state index is 0.00465. The first-order valence-electron chi connectivity index (χ1n) is 26.0. The van der Waals surface area contributed by atoms with Crippen LogP contribution >= 0.6 is 11.3 Å². The van der Waals surface area contributed by atoms with Crippen LogP contribution in [-0.4, -0.2) is 117 Å². The standard InChI is InChI=1S/C55H62F2N12O5S/c1-31(2)50(55(73)67-27-40(71)22-49(67)54(72)60-32(3)35-8-10-36(11-9-35)51-33(4)59-30-75-51)68-26-38(61-63-68)25-65-28-44(43-24-58-16-12-46(43)65)41-21-37-7-6-17-66(48(37)23-42(41)52(56)57)53-45-29-64(34(5)70)18-13-47(45)69(62-53)39-14-19-74-20-15-39/h8-12,16,21,23-24,26,28,30-32,39-40,49-50,52,71H,6-7,13-15,17-20,22,25,27,29H2,1-5H3,(H,60,72)/t32-,40+,49-,50-/m0/s1. The van der Waals surface area contributed by atoms with Crippen LogP contribution < -0.4 is 10.2 Å². The number of aliphatic hydroxyl groups is 1. The molecule has 7 aromatic rings. The molecule has 2 fully saturated rings. The van der Waals surface area contributed by atoms with Crippen LogP contribution in [0.1, 0.15) is 117 Å². The molecule has 9 heterocycles. The Bertz CT molecular complexity index is 3270. The minimum atomic E-state index is -2.81. The molecule has 20 heteroatoms. The number of aliphatic hydroxyl groups excluding tert-OH is 1. The predicted molar refractivity (Wildman–Crippen MR) is 280 cm³/mol. The van der Waals surface area contributed by atoms with E-state index in [1.165, 1.54) is 9.58 Å². The summed E-state index contributed by atoms with van der Waals surface area (Å²) in [7, 11) is 0. The monoisotopic (exact) mass is 1040 g/mol. The molecule has 4 atom stereocenters. The molecule has 75 heavy (non-hydrogen) atoms. The van der Waals surface area contributed by atoms with Gasteiger partial charge in [-0.15, -0.1) is 16.4 Å². The van der Waals surface area contributed by atoms with Crippen molar-refractivity contribution in [2.45, 2.75) is 123 Å². The van der Waals surface area contributed by atoms with Gasteiger partial charge in [-0.1, -0.05) is 43.3 Å². The van der Waals surface area contributed by atoms with Gasteiger partial charge in [0.2, 0.25) is 17.7 Å². The van der Waals surface area contributed by atoms with E-state index in [2.05, 4.69) is 35.2 Å². The van der Waals surface area contributed by atoms with E-state index in [0.29, 0.717) is 73.6 Å². The topological polar surface area (TPSA) is 182 Å². The maximum Gasteiger partial charge on any atom is 0.264 e. The fraction of sp³-hybridized carbons (Fsp3) is 0.455. The number of nitrogens with one attached hydrogen (secondary N) is 1. The van der Waals surface area contributed by atoms with Gasteiger partial charge in [0.15, 0.2) is 5.82 Å². The molecule has 5 aromatic heterocycles. The normalized spacial score (nSPS) is 19.0. The van der Waals surface area contributed by atoms with E-state index in [0.717, 1.165) is 69.1 Å². The summed E-state index contributed by atoms with van der Waals surface area (Å²) in [6, 6.07) is 11.4. The van der Waals surface area contributed by atoms with E-state index < -0.39 is 24.6 Å². The second kappa shape index (κ2) is 20.7. The molecule has 2 N–H and O–H groups in total. The van der Waals surface area contributed by atoms with Crippen molar-refractivity contribution in [1.29, 1.82) is 0 Å². The molecule has 4 aliphatic rings. The Balaban J connectivity index is 0.850. The molecule has 0 unspecified atom stereocenters. The number of alkyl halides is 2. The number of ether oxygens (including phenoxy) is 1. The Hall–Kier alpha value is -6.90. The van der Waals surface area contributed by atoms with Crippen molar-refractivity contribution in [1.82, 2.24) is 54.4 Å². The average molecular weight is 1040 g/mol. The van der Waals surface area contributed by atoms with Gasteiger partial charge in [0.25, 0.3) is 6.43 Å². The van der Waals surface area contributed by atoms with Crippen molar-refractivity contribution in [3.63, 3.8) is 0 Å². The summed E-state index contributed by atoms with van der Waals surface area (Å²) in [5.41, 5.74) is 10.6. The number of fused-ring (bicyclic) bond motifs is 3. The Morgan fingerprint density at radius 1 is 1.00 bits per heavy atom. The molecule has 2 aromatic carbocycles. The number of carbonyl (C=O) groups excluding carboxylic acids is 3. The van der Waals surface area contributed by atoms with Crippen molar-refractivity contribution >= 4 is 51.5 Å². The van der Waals surface area contributed by atoms with Gasteiger partial charge in [0.05, 0.1) is 59.1 Å². The Morgan fingerprint density at radius 3 is 2.53 bits per heavy atom.